The van der Waals surface area contributed by atoms with Gasteiger partial charge in [0.2, 0.25) is 11.8 Å². The fourth-order valence-electron chi connectivity index (χ4n) is 4.65. The standard InChI is InChI=1S/C18H31N3O2/c1-3-16(21-11-5-7-17(21)22)18(23)19-12-8-15(9-13-19)20-10-4-6-14(20)2/h14-16H,3-13H2,1-2H3/t14-,16+/m1/s1. The van der Waals surface area contributed by atoms with Crippen LogP contribution >= 0.6 is 0 Å². The minimum atomic E-state index is -0.229. The van der Waals surface area contributed by atoms with Gasteiger partial charge in [0.1, 0.15) is 6.04 Å². The summed E-state index contributed by atoms with van der Waals surface area (Å²) in [6.45, 7) is 8.03. The average Bonchev–Trinajstić information content (AvgIpc) is 3.17. The van der Waals surface area contributed by atoms with Gasteiger partial charge in [-0.15, -0.1) is 0 Å². The van der Waals surface area contributed by atoms with Crippen molar-refractivity contribution in [3.05, 3.63) is 0 Å². The molecule has 0 spiro atoms. The van der Waals surface area contributed by atoms with Crippen molar-refractivity contribution in [2.24, 2.45) is 0 Å². The van der Waals surface area contributed by atoms with E-state index in [1.54, 1.807) is 0 Å². The Morgan fingerprint density at radius 3 is 2.39 bits per heavy atom. The van der Waals surface area contributed by atoms with E-state index in [9.17, 15) is 9.59 Å². The first-order valence-corrected chi connectivity index (χ1v) is 9.45. The number of hydrogen-bond donors (Lipinski definition) is 0. The van der Waals surface area contributed by atoms with Crippen molar-refractivity contribution in [2.45, 2.75) is 76.9 Å². The van der Waals surface area contributed by atoms with E-state index in [2.05, 4.69) is 11.8 Å². The second kappa shape index (κ2) is 7.20. The largest absolute Gasteiger partial charge is 0.341 e. The van der Waals surface area contributed by atoms with Gasteiger partial charge >= 0.3 is 0 Å². The zero-order valence-electron chi connectivity index (χ0n) is 14.7. The highest BCUT2D eigenvalue weighted by Crippen LogP contribution is 2.26. The molecule has 0 N–H and O–H groups in total. The molecule has 5 heteroatoms. The fraction of sp³-hybridized carbons (Fsp3) is 0.889. The third-order valence-corrected chi connectivity index (χ3v) is 6.01. The van der Waals surface area contributed by atoms with E-state index in [-0.39, 0.29) is 17.9 Å². The van der Waals surface area contributed by atoms with Gasteiger partial charge in [0.25, 0.3) is 0 Å². The van der Waals surface area contributed by atoms with Crippen LogP contribution in [0.25, 0.3) is 0 Å². The van der Waals surface area contributed by atoms with E-state index in [4.69, 9.17) is 0 Å². The molecule has 3 aliphatic heterocycles. The van der Waals surface area contributed by atoms with Gasteiger partial charge in [-0.2, -0.15) is 0 Å². The Morgan fingerprint density at radius 1 is 1.13 bits per heavy atom. The number of rotatable bonds is 4. The molecule has 0 unspecified atom stereocenters. The predicted molar refractivity (Wildman–Crippen MR) is 90.0 cm³/mol. The van der Waals surface area contributed by atoms with Crippen LogP contribution in [-0.4, -0.2) is 70.8 Å². The molecule has 5 nitrogen and oxygen atoms in total. The summed E-state index contributed by atoms with van der Waals surface area (Å²) < 4.78 is 0. The molecule has 3 heterocycles. The zero-order valence-corrected chi connectivity index (χ0v) is 14.7. The number of likely N-dealkylation sites (tertiary alicyclic amines) is 3. The molecule has 2 atom stereocenters. The first kappa shape index (κ1) is 16.7. The molecule has 0 aromatic heterocycles. The highest BCUT2D eigenvalue weighted by Gasteiger charge is 2.37. The summed E-state index contributed by atoms with van der Waals surface area (Å²) in [5, 5.41) is 0. The Balaban J connectivity index is 1.55. The van der Waals surface area contributed by atoms with E-state index < -0.39 is 0 Å². The topological polar surface area (TPSA) is 43.9 Å². The van der Waals surface area contributed by atoms with Crippen LogP contribution in [0.1, 0.15) is 58.8 Å². The highest BCUT2D eigenvalue weighted by molar-refractivity contribution is 5.88. The Morgan fingerprint density at radius 2 is 1.87 bits per heavy atom. The lowest BCUT2D eigenvalue weighted by molar-refractivity contribution is -0.144. The van der Waals surface area contributed by atoms with Crippen LogP contribution in [0.2, 0.25) is 0 Å². The molecule has 0 aromatic carbocycles. The molecule has 0 radical (unpaired) electrons. The number of hydrogen-bond acceptors (Lipinski definition) is 3. The van der Waals surface area contributed by atoms with Gasteiger partial charge < -0.3 is 9.80 Å². The van der Waals surface area contributed by atoms with Crippen molar-refractivity contribution in [1.82, 2.24) is 14.7 Å². The van der Waals surface area contributed by atoms with Crippen LogP contribution in [0.5, 0.6) is 0 Å². The molecule has 0 saturated carbocycles. The van der Waals surface area contributed by atoms with E-state index in [0.29, 0.717) is 18.5 Å². The number of piperidine rings is 1. The molecule has 3 fully saturated rings. The summed E-state index contributed by atoms with van der Waals surface area (Å²) in [4.78, 5) is 31.3. The first-order valence-electron chi connectivity index (χ1n) is 9.45. The summed E-state index contributed by atoms with van der Waals surface area (Å²) >= 11 is 0. The quantitative estimate of drug-likeness (QED) is 0.794. The number of nitrogens with zero attached hydrogens (tertiary/aromatic N) is 3. The van der Waals surface area contributed by atoms with Crippen LogP contribution in [0.4, 0.5) is 0 Å². The summed E-state index contributed by atoms with van der Waals surface area (Å²) in [5.74, 6) is 0.335. The third-order valence-electron chi connectivity index (χ3n) is 6.01. The van der Waals surface area contributed by atoms with Crippen molar-refractivity contribution >= 4 is 11.8 Å². The minimum Gasteiger partial charge on any atom is -0.341 e. The van der Waals surface area contributed by atoms with Gasteiger partial charge in [0.15, 0.2) is 0 Å². The Labute approximate surface area is 140 Å². The first-order chi connectivity index (χ1) is 11.1. The zero-order chi connectivity index (χ0) is 16.4. The van der Waals surface area contributed by atoms with Gasteiger partial charge in [0.05, 0.1) is 0 Å². The van der Waals surface area contributed by atoms with Crippen molar-refractivity contribution < 1.29 is 9.59 Å². The number of carbonyl (C=O) groups is 2. The monoisotopic (exact) mass is 321 g/mol. The maximum absolute atomic E-state index is 12.9. The van der Waals surface area contributed by atoms with E-state index in [0.717, 1.165) is 45.3 Å². The van der Waals surface area contributed by atoms with Crippen LogP contribution in [-0.2, 0) is 9.59 Å². The molecule has 3 rings (SSSR count). The molecular weight excluding hydrogens is 290 g/mol. The van der Waals surface area contributed by atoms with E-state index >= 15 is 0 Å². The predicted octanol–water partition coefficient (Wildman–Crippen LogP) is 1.86. The van der Waals surface area contributed by atoms with Crippen molar-refractivity contribution in [1.29, 1.82) is 0 Å². The van der Waals surface area contributed by atoms with Crippen LogP contribution < -0.4 is 0 Å². The van der Waals surface area contributed by atoms with Gasteiger partial charge in [-0.25, -0.2) is 0 Å². The van der Waals surface area contributed by atoms with Crippen molar-refractivity contribution in [3.63, 3.8) is 0 Å². The second-order valence-electron chi connectivity index (χ2n) is 7.40. The van der Waals surface area contributed by atoms with E-state index in [1.807, 2.05) is 16.7 Å². The van der Waals surface area contributed by atoms with Gasteiger partial charge in [0, 0.05) is 38.1 Å². The molecule has 2 amide bonds. The molecule has 0 aromatic rings. The smallest absolute Gasteiger partial charge is 0.245 e. The van der Waals surface area contributed by atoms with Crippen LogP contribution in [0.3, 0.4) is 0 Å². The van der Waals surface area contributed by atoms with E-state index in [1.165, 1.54) is 19.4 Å². The van der Waals surface area contributed by atoms with Gasteiger partial charge in [-0.3, -0.25) is 14.5 Å². The normalized spacial score (nSPS) is 28.6. The fourth-order valence-corrected chi connectivity index (χ4v) is 4.65. The summed E-state index contributed by atoms with van der Waals surface area (Å²) in [7, 11) is 0. The van der Waals surface area contributed by atoms with Crippen LogP contribution in [0, 0.1) is 0 Å². The lowest BCUT2D eigenvalue weighted by Gasteiger charge is -2.40. The van der Waals surface area contributed by atoms with Gasteiger partial charge in [-0.05, 0) is 52.0 Å². The molecular formula is C18H31N3O2. The Bertz CT molecular complexity index is 446. The minimum absolute atomic E-state index is 0.158. The maximum atomic E-state index is 12.9. The van der Waals surface area contributed by atoms with Crippen molar-refractivity contribution in [2.75, 3.05) is 26.2 Å². The SMILES string of the molecule is CC[C@@H](C(=O)N1CCC(N2CCC[C@H]2C)CC1)N1CCCC1=O. The second-order valence-corrected chi connectivity index (χ2v) is 7.40. The summed E-state index contributed by atoms with van der Waals surface area (Å²) in [6.07, 6.45) is 7.04. The number of carbonyl (C=O) groups excluding carboxylic acids is 2. The number of amides is 2. The van der Waals surface area contributed by atoms with Crippen LogP contribution in [0.15, 0.2) is 0 Å². The van der Waals surface area contributed by atoms with Gasteiger partial charge in [-0.1, -0.05) is 6.92 Å². The average molecular weight is 321 g/mol. The molecule has 23 heavy (non-hydrogen) atoms. The molecule has 130 valence electrons. The Hall–Kier alpha value is -1.10. The molecule has 3 aliphatic rings. The molecule has 3 saturated heterocycles. The summed E-state index contributed by atoms with van der Waals surface area (Å²) in [6, 6.07) is 1.12. The third kappa shape index (κ3) is 3.39. The lowest BCUT2D eigenvalue weighted by atomic mass is 10.0. The highest BCUT2D eigenvalue weighted by atomic mass is 16.2. The van der Waals surface area contributed by atoms with Crippen molar-refractivity contribution in [3.8, 4) is 0 Å². The summed E-state index contributed by atoms with van der Waals surface area (Å²) in [5.41, 5.74) is 0. The lowest BCUT2D eigenvalue weighted by Crippen LogP contribution is -2.53. The molecule has 0 bridgehead atoms. The molecule has 0 aliphatic carbocycles. The Kier molecular flexibility index (Phi) is 5.24. The maximum Gasteiger partial charge on any atom is 0.245 e.